The number of methoxy groups -OCH3 is 1. The average Bonchev–Trinajstić information content (AvgIpc) is 3.33. The van der Waals surface area contributed by atoms with Crippen LogP contribution in [0.3, 0.4) is 0 Å². The van der Waals surface area contributed by atoms with Crippen LogP contribution in [0.5, 0.6) is 0 Å². The van der Waals surface area contributed by atoms with Gasteiger partial charge in [0, 0.05) is 11.4 Å². The quantitative estimate of drug-likeness (QED) is 0.660. The van der Waals surface area contributed by atoms with Crippen molar-refractivity contribution in [1.29, 1.82) is 0 Å². The van der Waals surface area contributed by atoms with Crippen LogP contribution in [0.4, 0.5) is 0 Å². The van der Waals surface area contributed by atoms with Crippen molar-refractivity contribution in [1.82, 2.24) is 5.32 Å². The monoisotopic (exact) mass is 371 g/mol. The lowest BCUT2D eigenvalue weighted by Crippen LogP contribution is -2.24. The van der Waals surface area contributed by atoms with Gasteiger partial charge in [-0.2, -0.15) is 0 Å². The lowest BCUT2D eigenvalue weighted by molar-refractivity contribution is 0.0606. The number of esters is 1. The molecule has 0 fully saturated rings. The molecule has 2 heterocycles. The fourth-order valence-corrected chi connectivity index (χ4v) is 3.97. The molecule has 6 heteroatoms. The molecule has 0 bridgehead atoms. The number of carbonyl (C=O) groups excluding carboxylic acids is 2. The number of carbonyl (C=O) groups is 2. The van der Waals surface area contributed by atoms with Crippen molar-refractivity contribution in [2.24, 2.45) is 0 Å². The highest BCUT2D eigenvalue weighted by Gasteiger charge is 2.13. The molecule has 1 aromatic carbocycles. The molecule has 1 amide bonds. The van der Waals surface area contributed by atoms with Gasteiger partial charge >= 0.3 is 5.97 Å². The number of amides is 1. The molecule has 0 atom stereocenters. The van der Waals surface area contributed by atoms with E-state index in [0.29, 0.717) is 16.3 Å². The van der Waals surface area contributed by atoms with Gasteiger partial charge in [0.15, 0.2) is 0 Å². The van der Waals surface area contributed by atoms with Crippen LogP contribution in [0.1, 0.15) is 24.9 Å². The summed E-state index contributed by atoms with van der Waals surface area (Å²) < 4.78 is 4.65. The Balaban J connectivity index is 1.56. The van der Waals surface area contributed by atoms with Crippen molar-refractivity contribution < 1.29 is 14.3 Å². The summed E-state index contributed by atoms with van der Waals surface area (Å²) in [4.78, 5) is 25.8. The summed E-state index contributed by atoms with van der Waals surface area (Å²) in [5.41, 5.74) is 2.37. The molecule has 25 heavy (non-hydrogen) atoms. The second kappa shape index (κ2) is 8.09. The Bertz CT molecular complexity index is 868. The van der Waals surface area contributed by atoms with Crippen LogP contribution >= 0.6 is 22.7 Å². The predicted molar refractivity (Wildman–Crippen MR) is 101 cm³/mol. The Morgan fingerprint density at radius 1 is 1.08 bits per heavy atom. The number of hydrogen-bond acceptors (Lipinski definition) is 5. The normalized spacial score (nSPS) is 10.4. The Hall–Kier alpha value is -2.44. The fourth-order valence-electron chi connectivity index (χ4n) is 2.40. The molecule has 1 N–H and O–H groups in total. The maximum absolute atomic E-state index is 12.2. The molecule has 0 unspecified atom stereocenters. The summed E-state index contributed by atoms with van der Waals surface area (Å²) in [6.45, 7) is 0.540. The van der Waals surface area contributed by atoms with Gasteiger partial charge in [-0.15, -0.1) is 22.7 Å². The second-order valence-electron chi connectivity index (χ2n) is 5.34. The largest absolute Gasteiger partial charge is 0.465 e. The van der Waals surface area contributed by atoms with Crippen molar-refractivity contribution in [3.63, 3.8) is 0 Å². The molecule has 3 rings (SSSR count). The number of rotatable bonds is 6. The second-order valence-corrected chi connectivity index (χ2v) is 7.37. The van der Waals surface area contributed by atoms with Gasteiger partial charge in [-0.25, -0.2) is 4.79 Å². The smallest absolute Gasteiger partial charge is 0.348 e. The van der Waals surface area contributed by atoms with Crippen LogP contribution in [0.2, 0.25) is 0 Å². The summed E-state index contributed by atoms with van der Waals surface area (Å²) in [7, 11) is 1.33. The fraction of sp³-hybridized carbons (Fsp3) is 0.158. The third kappa shape index (κ3) is 4.35. The van der Waals surface area contributed by atoms with Gasteiger partial charge in [-0.05, 0) is 41.1 Å². The SMILES string of the molecule is COC(=O)c1ccc(C(=O)NCCc2cccc(-c3cccs3)c2)s1. The zero-order valence-electron chi connectivity index (χ0n) is 13.7. The Morgan fingerprint density at radius 2 is 1.92 bits per heavy atom. The lowest BCUT2D eigenvalue weighted by atomic mass is 10.1. The van der Waals surface area contributed by atoms with E-state index in [-0.39, 0.29) is 5.91 Å². The topological polar surface area (TPSA) is 55.4 Å². The number of thiophene rings is 2. The summed E-state index contributed by atoms with van der Waals surface area (Å²) in [5.74, 6) is -0.594. The molecule has 0 saturated carbocycles. The van der Waals surface area contributed by atoms with Crippen LogP contribution in [-0.2, 0) is 11.2 Å². The zero-order chi connectivity index (χ0) is 17.6. The minimum Gasteiger partial charge on any atom is -0.465 e. The maximum atomic E-state index is 12.2. The minimum atomic E-state index is -0.422. The molecule has 0 aliphatic carbocycles. The third-order valence-corrected chi connectivity index (χ3v) is 5.63. The summed E-state index contributed by atoms with van der Waals surface area (Å²) in [6, 6.07) is 15.7. The number of ether oxygens (including phenoxy) is 1. The van der Waals surface area contributed by atoms with Crippen molar-refractivity contribution in [2.75, 3.05) is 13.7 Å². The van der Waals surface area contributed by atoms with Crippen LogP contribution in [-0.4, -0.2) is 25.5 Å². The van der Waals surface area contributed by atoms with Crippen LogP contribution in [0.25, 0.3) is 10.4 Å². The molecule has 4 nitrogen and oxygen atoms in total. The van der Waals surface area contributed by atoms with E-state index in [4.69, 9.17) is 0 Å². The molecule has 128 valence electrons. The standard InChI is InChI=1S/C19H17NO3S2/c1-23-19(22)17-8-7-16(25-17)18(21)20-10-9-13-4-2-5-14(12-13)15-6-3-11-24-15/h2-8,11-12H,9-10H2,1H3,(H,20,21). The highest BCUT2D eigenvalue weighted by atomic mass is 32.1. The lowest BCUT2D eigenvalue weighted by Gasteiger charge is -2.06. The highest BCUT2D eigenvalue weighted by molar-refractivity contribution is 7.15. The Morgan fingerprint density at radius 3 is 2.68 bits per heavy atom. The zero-order valence-corrected chi connectivity index (χ0v) is 15.3. The number of benzene rings is 1. The molecule has 0 radical (unpaired) electrons. The minimum absolute atomic E-state index is 0.172. The van der Waals surface area contributed by atoms with Gasteiger partial charge < -0.3 is 10.1 Å². The first kappa shape index (κ1) is 17.4. The predicted octanol–water partition coefficient (Wildman–Crippen LogP) is 4.24. The van der Waals surface area contributed by atoms with Gasteiger partial charge in [0.1, 0.15) is 4.88 Å². The van der Waals surface area contributed by atoms with Crippen molar-refractivity contribution in [2.45, 2.75) is 6.42 Å². The van der Waals surface area contributed by atoms with Crippen LogP contribution in [0, 0.1) is 0 Å². The van der Waals surface area contributed by atoms with E-state index in [9.17, 15) is 9.59 Å². The van der Waals surface area contributed by atoms with Crippen molar-refractivity contribution in [3.8, 4) is 10.4 Å². The van der Waals surface area contributed by atoms with Gasteiger partial charge in [-0.1, -0.05) is 30.3 Å². The molecule has 0 spiro atoms. The van der Waals surface area contributed by atoms with E-state index in [1.807, 2.05) is 12.1 Å². The van der Waals surface area contributed by atoms with Gasteiger partial charge in [0.2, 0.25) is 0 Å². The Labute approximate surface area is 154 Å². The van der Waals surface area contributed by atoms with E-state index < -0.39 is 5.97 Å². The molecule has 2 aromatic heterocycles. The maximum Gasteiger partial charge on any atom is 0.348 e. The average molecular weight is 371 g/mol. The molecule has 0 saturated heterocycles. The van der Waals surface area contributed by atoms with Gasteiger partial charge in [-0.3, -0.25) is 4.79 Å². The first-order valence-electron chi connectivity index (χ1n) is 7.76. The van der Waals surface area contributed by atoms with Crippen LogP contribution in [0.15, 0.2) is 53.9 Å². The van der Waals surface area contributed by atoms with Crippen molar-refractivity contribution >= 4 is 34.6 Å². The van der Waals surface area contributed by atoms with E-state index >= 15 is 0 Å². The molecular formula is C19H17NO3S2. The van der Waals surface area contributed by atoms with E-state index in [0.717, 1.165) is 17.8 Å². The van der Waals surface area contributed by atoms with E-state index in [2.05, 4.69) is 39.7 Å². The van der Waals surface area contributed by atoms with Gasteiger partial charge in [0.25, 0.3) is 5.91 Å². The molecule has 0 aliphatic heterocycles. The first-order chi connectivity index (χ1) is 12.2. The Kier molecular flexibility index (Phi) is 5.63. The van der Waals surface area contributed by atoms with Crippen LogP contribution < -0.4 is 5.32 Å². The highest BCUT2D eigenvalue weighted by Crippen LogP contribution is 2.25. The summed E-state index contributed by atoms with van der Waals surface area (Å²) in [5, 5.41) is 4.96. The van der Waals surface area contributed by atoms with E-state index in [1.165, 1.54) is 23.1 Å². The number of nitrogens with one attached hydrogen (secondary N) is 1. The first-order valence-corrected chi connectivity index (χ1v) is 9.46. The number of hydrogen-bond donors (Lipinski definition) is 1. The molecule has 0 aliphatic rings. The van der Waals surface area contributed by atoms with E-state index in [1.54, 1.807) is 23.5 Å². The molecular weight excluding hydrogens is 354 g/mol. The van der Waals surface area contributed by atoms with Crippen molar-refractivity contribution in [3.05, 3.63) is 69.2 Å². The summed E-state index contributed by atoms with van der Waals surface area (Å²) in [6.07, 6.45) is 0.750. The molecule has 3 aromatic rings. The van der Waals surface area contributed by atoms with Gasteiger partial charge in [0.05, 0.1) is 12.0 Å². The summed E-state index contributed by atoms with van der Waals surface area (Å²) >= 11 is 2.85. The third-order valence-electron chi connectivity index (χ3n) is 3.65.